The normalized spacial score (nSPS) is 13.5. The maximum Gasteiger partial charge on any atom is 0.249 e. The zero-order valence-electron chi connectivity index (χ0n) is 9.95. The number of hydrogen-bond donors (Lipinski definition) is 0. The van der Waals surface area contributed by atoms with Crippen molar-refractivity contribution < 1.29 is 25.3 Å². The summed E-state index contributed by atoms with van der Waals surface area (Å²) in [5.74, 6) is 0. The summed E-state index contributed by atoms with van der Waals surface area (Å²) in [4.78, 5) is 6.61. The van der Waals surface area contributed by atoms with Gasteiger partial charge in [-0.15, -0.1) is 0 Å². The number of rotatable bonds is 3. The molecule has 1 rings (SSSR count). The maximum absolute atomic E-state index is 11.4. The van der Waals surface area contributed by atoms with E-state index in [0.29, 0.717) is 6.26 Å². The fourth-order valence-corrected chi connectivity index (χ4v) is 4.01. The molecule has 12 heteroatoms. The van der Waals surface area contributed by atoms with E-state index in [9.17, 15) is 25.3 Å². The molecule has 1 aromatic rings. The first-order valence-corrected chi connectivity index (χ1v) is 10.5. The quantitative estimate of drug-likeness (QED) is 0.520. The van der Waals surface area contributed by atoms with Gasteiger partial charge in [-0.2, -0.15) is 0 Å². The van der Waals surface area contributed by atoms with Crippen LogP contribution in [0, 0.1) is 0 Å². The maximum atomic E-state index is 11.4. The van der Waals surface area contributed by atoms with E-state index in [-0.39, 0.29) is 0 Å². The van der Waals surface area contributed by atoms with Crippen LogP contribution in [0.3, 0.4) is 0 Å². The van der Waals surface area contributed by atoms with Crippen molar-refractivity contribution in [2.24, 2.45) is 0 Å². The average molecular weight is 349 g/mol. The SMILES string of the molecule is CS(=O)(=O)c1nc(S(C)(=O)=O)c(Cl)c(S(C)(=O)=O)n1. The lowest BCUT2D eigenvalue weighted by Gasteiger charge is -2.07. The Hall–Kier alpha value is -0.780. The van der Waals surface area contributed by atoms with E-state index < -0.39 is 49.7 Å². The third-order valence-electron chi connectivity index (χ3n) is 1.80. The van der Waals surface area contributed by atoms with Gasteiger partial charge in [0.1, 0.15) is 5.02 Å². The Morgan fingerprint density at radius 2 is 1.05 bits per heavy atom. The largest absolute Gasteiger partial charge is 0.249 e. The first-order valence-electron chi connectivity index (χ1n) is 4.42. The van der Waals surface area contributed by atoms with Crippen LogP contribution in [0.2, 0.25) is 5.02 Å². The highest BCUT2D eigenvalue weighted by Gasteiger charge is 2.28. The van der Waals surface area contributed by atoms with E-state index in [1.54, 1.807) is 0 Å². The van der Waals surface area contributed by atoms with Crippen LogP contribution in [0.15, 0.2) is 15.2 Å². The molecular formula is C7H9ClN2O6S3. The van der Waals surface area contributed by atoms with Crippen molar-refractivity contribution >= 4 is 41.1 Å². The average Bonchev–Trinajstić information content (AvgIpc) is 2.11. The van der Waals surface area contributed by atoms with E-state index in [1.807, 2.05) is 0 Å². The molecule has 0 saturated carbocycles. The molecule has 0 aromatic carbocycles. The molecule has 0 N–H and O–H groups in total. The highest BCUT2D eigenvalue weighted by atomic mass is 35.5. The molecule has 8 nitrogen and oxygen atoms in total. The molecule has 0 aliphatic rings. The van der Waals surface area contributed by atoms with Crippen molar-refractivity contribution in [2.45, 2.75) is 15.2 Å². The minimum atomic E-state index is -4.01. The van der Waals surface area contributed by atoms with Gasteiger partial charge in [0.15, 0.2) is 29.7 Å². The standard InChI is InChI=1S/C7H9ClN2O6S3/c1-17(11,12)5-4(8)6(18(2,13)14)10-7(9-5)19(3,15)16/h1-3H3. The van der Waals surface area contributed by atoms with Crippen LogP contribution >= 0.6 is 11.6 Å². The van der Waals surface area contributed by atoms with Crippen molar-refractivity contribution in [3.63, 3.8) is 0 Å². The van der Waals surface area contributed by atoms with Gasteiger partial charge in [-0.1, -0.05) is 11.6 Å². The monoisotopic (exact) mass is 348 g/mol. The van der Waals surface area contributed by atoms with Gasteiger partial charge < -0.3 is 0 Å². The first kappa shape index (κ1) is 16.3. The molecular weight excluding hydrogens is 340 g/mol. The molecule has 0 radical (unpaired) electrons. The Balaban J connectivity index is 4.00. The van der Waals surface area contributed by atoms with Crippen LogP contribution < -0.4 is 0 Å². The molecule has 0 unspecified atom stereocenters. The minimum absolute atomic E-state index is 0.717. The predicted octanol–water partition coefficient (Wildman–Crippen LogP) is -0.659. The molecule has 0 bridgehead atoms. The van der Waals surface area contributed by atoms with Crippen LogP contribution in [0.1, 0.15) is 0 Å². The van der Waals surface area contributed by atoms with E-state index in [2.05, 4.69) is 9.97 Å². The van der Waals surface area contributed by atoms with Crippen molar-refractivity contribution in [3.8, 4) is 0 Å². The second-order valence-corrected chi connectivity index (χ2v) is 9.90. The zero-order valence-corrected chi connectivity index (χ0v) is 13.2. The topological polar surface area (TPSA) is 128 Å². The fourth-order valence-electron chi connectivity index (χ4n) is 1.05. The smallest absolute Gasteiger partial charge is 0.222 e. The van der Waals surface area contributed by atoms with E-state index in [1.165, 1.54) is 0 Å². The van der Waals surface area contributed by atoms with Crippen molar-refractivity contribution in [1.29, 1.82) is 0 Å². The summed E-state index contributed by atoms with van der Waals surface area (Å²) in [6.45, 7) is 0. The van der Waals surface area contributed by atoms with Gasteiger partial charge in [0.2, 0.25) is 15.0 Å². The molecule has 0 saturated heterocycles. The van der Waals surface area contributed by atoms with Gasteiger partial charge in [0.05, 0.1) is 0 Å². The summed E-state index contributed by atoms with van der Waals surface area (Å²) in [7, 11) is -12.0. The minimum Gasteiger partial charge on any atom is -0.222 e. The van der Waals surface area contributed by atoms with Crippen molar-refractivity contribution in [2.75, 3.05) is 18.8 Å². The number of aromatic nitrogens is 2. The summed E-state index contributed by atoms with van der Waals surface area (Å²) in [6, 6.07) is 0. The molecule has 0 amide bonds. The number of halogens is 1. The van der Waals surface area contributed by atoms with Gasteiger partial charge in [0.25, 0.3) is 0 Å². The van der Waals surface area contributed by atoms with E-state index in [0.717, 1.165) is 12.5 Å². The molecule has 0 fully saturated rings. The van der Waals surface area contributed by atoms with Crippen LogP contribution in [0.5, 0.6) is 0 Å². The Morgan fingerprint density at radius 1 is 0.737 bits per heavy atom. The Morgan fingerprint density at radius 3 is 1.26 bits per heavy atom. The van der Waals surface area contributed by atoms with Gasteiger partial charge in [-0.25, -0.2) is 35.2 Å². The Kier molecular flexibility index (Phi) is 3.98. The van der Waals surface area contributed by atoms with Crippen molar-refractivity contribution in [3.05, 3.63) is 5.02 Å². The summed E-state index contributed by atoms with van der Waals surface area (Å²) in [5, 5.41) is -3.33. The number of hydrogen-bond acceptors (Lipinski definition) is 8. The lowest BCUT2D eigenvalue weighted by atomic mass is 10.7. The Bertz CT molecular complexity index is 788. The lowest BCUT2D eigenvalue weighted by Crippen LogP contribution is -2.15. The van der Waals surface area contributed by atoms with Crippen LogP contribution in [-0.2, 0) is 29.5 Å². The van der Waals surface area contributed by atoms with Crippen LogP contribution in [0.25, 0.3) is 0 Å². The number of nitrogens with zero attached hydrogens (tertiary/aromatic N) is 2. The van der Waals surface area contributed by atoms with E-state index >= 15 is 0 Å². The summed E-state index contributed by atoms with van der Waals surface area (Å²) >= 11 is 5.62. The molecule has 19 heavy (non-hydrogen) atoms. The first-order chi connectivity index (χ1) is 8.24. The Labute approximate surface area is 115 Å². The van der Waals surface area contributed by atoms with Gasteiger partial charge in [-0.3, -0.25) is 0 Å². The zero-order chi connectivity index (χ0) is 15.2. The molecule has 108 valence electrons. The van der Waals surface area contributed by atoms with Gasteiger partial charge in [0, 0.05) is 18.8 Å². The van der Waals surface area contributed by atoms with Crippen LogP contribution in [-0.4, -0.2) is 54.0 Å². The predicted molar refractivity (Wildman–Crippen MR) is 66.4 cm³/mol. The second-order valence-electron chi connectivity index (χ2n) is 3.75. The van der Waals surface area contributed by atoms with Crippen molar-refractivity contribution in [1.82, 2.24) is 9.97 Å². The third kappa shape index (κ3) is 3.61. The molecule has 1 heterocycles. The van der Waals surface area contributed by atoms with Gasteiger partial charge in [-0.05, 0) is 0 Å². The van der Waals surface area contributed by atoms with Crippen LogP contribution in [0.4, 0.5) is 0 Å². The molecule has 0 aliphatic carbocycles. The summed E-state index contributed by atoms with van der Waals surface area (Å²) < 4.78 is 68.5. The lowest BCUT2D eigenvalue weighted by molar-refractivity contribution is 0.575. The number of sulfone groups is 3. The highest BCUT2D eigenvalue weighted by molar-refractivity contribution is 7.92. The van der Waals surface area contributed by atoms with Gasteiger partial charge >= 0.3 is 0 Å². The molecule has 0 aliphatic heterocycles. The fraction of sp³-hybridized carbons (Fsp3) is 0.429. The molecule has 0 atom stereocenters. The summed E-state index contributed by atoms with van der Waals surface area (Å²) in [5.41, 5.74) is 0. The second kappa shape index (κ2) is 4.65. The highest BCUT2D eigenvalue weighted by Crippen LogP contribution is 2.27. The third-order valence-corrected chi connectivity index (χ3v) is 5.23. The van der Waals surface area contributed by atoms with E-state index in [4.69, 9.17) is 11.6 Å². The summed E-state index contributed by atoms with van der Waals surface area (Å²) in [6.07, 6.45) is 2.16. The molecule has 0 spiro atoms. The molecule has 1 aromatic heterocycles.